The lowest BCUT2D eigenvalue weighted by atomic mass is 9.96. The number of anilines is 1. The molecule has 0 radical (unpaired) electrons. The Kier molecular flexibility index (Phi) is 9.50. The molecule has 1 atom stereocenters. The van der Waals surface area contributed by atoms with E-state index in [0.29, 0.717) is 54.0 Å². The lowest BCUT2D eigenvalue weighted by Crippen LogP contribution is -2.41. The Morgan fingerprint density at radius 3 is 2.21 bits per heavy atom. The Morgan fingerprint density at radius 2 is 1.63 bits per heavy atom. The van der Waals surface area contributed by atoms with Crippen molar-refractivity contribution in [3.63, 3.8) is 0 Å². The number of aromatic hydroxyl groups is 2. The molecule has 0 aromatic heterocycles. The van der Waals surface area contributed by atoms with Crippen LogP contribution in [-0.4, -0.2) is 44.9 Å². The van der Waals surface area contributed by atoms with Crippen molar-refractivity contribution in [3.8, 4) is 11.5 Å². The van der Waals surface area contributed by atoms with Gasteiger partial charge in [0.2, 0.25) is 5.84 Å². The molecule has 0 fully saturated rings. The van der Waals surface area contributed by atoms with Gasteiger partial charge in [-0.3, -0.25) is 14.7 Å². The molecule has 1 unspecified atom stereocenters. The van der Waals surface area contributed by atoms with Crippen LogP contribution >= 0.6 is 0 Å². The second-order valence-corrected chi connectivity index (χ2v) is 10.1. The first kappa shape index (κ1) is 28.7. The minimum Gasteiger partial charge on any atom is -0.508 e. The van der Waals surface area contributed by atoms with E-state index in [4.69, 9.17) is 16.6 Å². The minimum atomic E-state index is -0.714. The summed E-state index contributed by atoms with van der Waals surface area (Å²) >= 11 is 0. The normalized spacial score (nSPS) is 15.2. The number of benzene rings is 2. The van der Waals surface area contributed by atoms with E-state index in [1.165, 1.54) is 6.07 Å². The Balaban J connectivity index is 2.08. The number of amides is 1. The van der Waals surface area contributed by atoms with Crippen LogP contribution in [0.4, 0.5) is 5.69 Å². The van der Waals surface area contributed by atoms with E-state index in [9.17, 15) is 15.0 Å². The highest BCUT2D eigenvalue weighted by Gasteiger charge is 2.40. The summed E-state index contributed by atoms with van der Waals surface area (Å²) in [5.74, 6) is -0.818. The number of nitrogens with one attached hydrogen (secondary N) is 2. The fourth-order valence-electron chi connectivity index (χ4n) is 4.75. The van der Waals surface area contributed by atoms with Gasteiger partial charge in [-0.05, 0) is 48.1 Å². The van der Waals surface area contributed by atoms with Crippen LogP contribution in [0.5, 0.6) is 11.5 Å². The van der Waals surface area contributed by atoms with Gasteiger partial charge < -0.3 is 26.8 Å². The quantitative estimate of drug-likeness (QED) is 0.224. The van der Waals surface area contributed by atoms with Crippen molar-refractivity contribution in [2.45, 2.75) is 78.3 Å². The van der Waals surface area contributed by atoms with Crippen molar-refractivity contribution in [1.29, 1.82) is 10.8 Å². The molecule has 0 saturated heterocycles. The Bertz CT molecular complexity index is 1210. The largest absolute Gasteiger partial charge is 0.508 e. The van der Waals surface area contributed by atoms with Gasteiger partial charge in [-0.15, -0.1) is 0 Å². The molecule has 6 N–H and O–H groups in total. The van der Waals surface area contributed by atoms with Gasteiger partial charge >= 0.3 is 0 Å². The predicted molar refractivity (Wildman–Crippen MR) is 152 cm³/mol. The molecule has 2 aromatic carbocycles. The van der Waals surface area contributed by atoms with Crippen molar-refractivity contribution in [2.75, 3.05) is 11.4 Å². The van der Waals surface area contributed by atoms with Crippen molar-refractivity contribution in [2.24, 2.45) is 10.8 Å². The van der Waals surface area contributed by atoms with Crippen molar-refractivity contribution in [3.05, 3.63) is 53.1 Å². The van der Waals surface area contributed by atoms with Crippen LogP contribution in [0.15, 0.2) is 41.5 Å². The van der Waals surface area contributed by atoms with Gasteiger partial charge in [0, 0.05) is 48.1 Å². The molecular formula is C29H40N6O3. The number of nitrogens with two attached hydrogens (primary N) is 1. The molecule has 0 saturated carbocycles. The summed E-state index contributed by atoms with van der Waals surface area (Å²) in [6.07, 6.45) is 3.49. The number of hydrogen-bond acceptors (Lipinski definition) is 8. The first-order valence-electron chi connectivity index (χ1n) is 13.3. The highest BCUT2D eigenvalue weighted by molar-refractivity contribution is 6.43. The number of hydrogen-bond donors (Lipinski definition) is 5. The zero-order valence-corrected chi connectivity index (χ0v) is 22.8. The highest BCUT2D eigenvalue weighted by Crippen LogP contribution is 2.42. The summed E-state index contributed by atoms with van der Waals surface area (Å²) in [5, 5.41) is 44.1. The molecule has 1 amide bonds. The molecular weight excluding hydrogens is 480 g/mol. The smallest absolute Gasteiger partial charge is 0.286 e. The number of phenolic OH excluding ortho intramolecular Hbond substituents is 2. The average molecular weight is 521 g/mol. The number of rotatable bonds is 13. The van der Waals surface area contributed by atoms with Gasteiger partial charge in [-0.2, -0.15) is 5.10 Å². The number of amidine groups is 1. The van der Waals surface area contributed by atoms with Crippen LogP contribution in [0, 0.1) is 10.8 Å². The fraction of sp³-hybridized carbons (Fsp3) is 0.448. The summed E-state index contributed by atoms with van der Waals surface area (Å²) in [6, 6.07) is 10.6. The van der Waals surface area contributed by atoms with Gasteiger partial charge in [-0.1, -0.05) is 52.7 Å². The van der Waals surface area contributed by atoms with Crippen molar-refractivity contribution >= 4 is 28.9 Å². The number of carbonyl (C=O) groups excluding carboxylic acids is 1. The number of primary amides is 1. The molecule has 9 heteroatoms. The number of hydrazone groups is 1. The molecule has 0 aliphatic carbocycles. The van der Waals surface area contributed by atoms with Crippen molar-refractivity contribution in [1.82, 2.24) is 5.01 Å². The molecule has 3 rings (SSSR count). The third kappa shape index (κ3) is 6.51. The van der Waals surface area contributed by atoms with E-state index in [2.05, 4.69) is 12.0 Å². The van der Waals surface area contributed by atoms with E-state index in [1.54, 1.807) is 16.0 Å². The lowest BCUT2D eigenvalue weighted by Gasteiger charge is -2.33. The van der Waals surface area contributed by atoms with E-state index in [0.717, 1.165) is 24.8 Å². The fourth-order valence-corrected chi connectivity index (χ4v) is 4.75. The first-order chi connectivity index (χ1) is 18.1. The van der Waals surface area contributed by atoms with Crippen LogP contribution in [-0.2, 0) is 11.2 Å². The summed E-state index contributed by atoms with van der Waals surface area (Å²) < 4.78 is 0. The van der Waals surface area contributed by atoms with Crippen LogP contribution in [0.3, 0.4) is 0 Å². The molecule has 204 valence electrons. The Labute approximate surface area is 225 Å². The molecule has 0 bridgehead atoms. The van der Waals surface area contributed by atoms with Gasteiger partial charge in [0.15, 0.2) is 6.17 Å². The van der Waals surface area contributed by atoms with Gasteiger partial charge in [0.05, 0.1) is 0 Å². The maximum absolute atomic E-state index is 12.6. The van der Waals surface area contributed by atoms with E-state index in [-0.39, 0.29) is 23.3 Å². The SMILES string of the molecule is CCCC(=N)CCN1N=C(C(N)=O)N(c2ccc(CC(=N)CCC)cc2)C1c1cc(C(C)C)c(O)cc1O. The number of nitrogens with zero attached hydrogens (tertiary/aromatic N) is 3. The summed E-state index contributed by atoms with van der Waals surface area (Å²) in [6.45, 7) is 8.32. The molecule has 1 heterocycles. The molecule has 9 nitrogen and oxygen atoms in total. The maximum atomic E-state index is 12.6. The topological polar surface area (TPSA) is 150 Å². The molecule has 1 aliphatic rings. The van der Waals surface area contributed by atoms with Crippen LogP contribution < -0.4 is 10.6 Å². The molecule has 38 heavy (non-hydrogen) atoms. The second-order valence-electron chi connectivity index (χ2n) is 10.1. The van der Waals surface area contributed by atoms with Gasteiger partial charge in [0.1, 0.15) is 11.5 Å². The van der Waals surface area contributed by atoms with E-state index < -0.39 is 12.1 Å². The van der Waals surface area contributed by atoms with Crippen molar-refractivity contribution < 1.29 is 15.0 Å². The summed E-state index contributed by atoms with van der Waals surface area (Å²) in [4.78, 5) is 14.3. The highest BCUT2D eigenvalue weighted by atomic mass is 16.3. The number of carbonyl (C=O) groups is 1. The minimum absolute atomic E-state index is 0.00278. The van der Waals surface area contributed by atoms with E-state index in [1.807, 2.05) is 45.0 Å². The third-order valence-corrected chi connectivity index (χ3v) is 6.65. The zero-order valence-electron chi connectivity index (χ0n) is 22.8. The molecule has 1 aliphatic heterocycles. The standard InChI is InChI=1S/C29H40N6O3/c1-5-7-20(30)13-14-34-29(24-16-23(18(3)4)25(36)17-26(24)37)35(28(33-34)27(32)38)22-11-9-19(10-12-22)15-21(31)8-6-2/h9-12,16-18,29-31,36-37H,5-8,13-15H2,1-4H3,(H2,32,38). The zero-order chi connectivity index (χ0) is 28.0. The van der Waals surface area contributed by atoms with Crippen LogP contribution in [0.25, 0.3) is 0 Å². The maximum Gasteiger partial charge on any atom is 0.286 e. The number of phenols is 2. The second kappa shape index (κ2) is 12.6. The Hall–Kier alpha value is -3.88. The Morgan fingerprint density at radius 1 is 1.00 bits per heavy atom. The summed E-state index contributed by atoms with van der Waals surface area (Å²) in [5.41, 5.74) is 9.81. The average Bonchev–Trinajstić information content (AvgIpc) is 3.23. The summed E-state index contributed by atoms with van der Waals surface area (Å²) in [7, 11) is 0. The molecule has 0 spiro atoms. The van der Waals surface area contributed by atoms with E-state index >= 15 is 0 Å². The van der Waals surface area contributed by atoms with Crippen LogP contribution in [0.1, 0.15) is 88.6 Å². The predicted octanol–water partition coefficient (Wildman–Crippen LogP) is 5.41. The molecule has 2 aromatic rings. The lowest BCUT2D eigenvalue weighted by molar-refractivity contribution is -0.112. The third-order valence-electron chi connectivity index (χ3n) is 6.65. The first-order valence-corrected chi connectivity index (χ1v) is 13.3. The van der Waals surface area contributed by atoms with Gasteiger partial charge in [0.25, 0.3) is 5.91 Å². The van der Waals surface area contributed by atoms with Gasteiger partial charge in [-0.25, -0.2) is 0 Å². The monoisotopic (exact) mass is 520 g/mol. The van der Waals surface area contributed by atoms with Crippen LogP contribution in [0.2, 0.25) is 0 Å².